The summed E-state index contributed by atoms with van der Waals surface area (Å²) in [5.74, 6) is -0.499. The molecule has 1 aliphatic heterocycles. The average molecular weight is 300 g/mol. The molecule has 0 saturated carbocycles. The van der Waals surface area contributed by atoms with Crippen molar-refractivity contribution in [1.29, 1.82) is 0 Å². The molecule has 5 heteroatoms. The highest BCUT2D eigenvalue weighted by Crippen LogP contribution is 2.23. The Labute approximate surface area is 128 Å². The third-order valence-electron chi connectivity index (χ3n) is 3.65. The fraction of sp³-hybridized carbons (Fsp3) is 0.294. The second-order valence-corrected chi connectivity index (χ2v) is 5.27. The van der Waals surface area contributed by atoms with Gasteiger partial charge < -0.3 is 9.64 Å². The van der Waals surface area contributed by atoms with Crippen LogP contribution < -0.4 is 4.90 Å². The summed E-state index contributed by atoms with van der Waals surface area (Å²) >= 11 is 0. The molecule has 0 radical (unpaired) electrons. The lowest BCUT2D eigenvalue weighted by Crippen LogP contribution is -2.38. The maximum Gasteiger partial charge on any atom is 0.256 e. The zero-order valence-electron chi connectivity index (χ0n) is 12.1. The van der Waals surface area contributed by atoms with Crippen LogP contribution in [0.15, 0.2) is 48.8 Å². The number of anilines is 1. The van der Waals surface area contributed by atoms with Gasteiger partial charge in [0.1, 0.15) is 11.9 Å². The van der Waals surface area contributed by atoms with E-state index in [0.717, 1.165) is 12.0 Å². The van der Waals surface area contributed by atoms with Gasteiger partial charge in [-0.05, 0) is 42.7 Å². The molecule has 1 fully saturated rings. The number of carbonyl (C=O) groups excluding carboxylic acids is 1. The third-order valence-corrected chi connectivity index (χ3v) is 3.65. The van der Waals surface area contributed by atoms with E-state index in [9.17, 15) is 9.18 Å². The summed E-state index contributed by atoms with van der Waals surface area (Å²) in [6.45, 7) is 0.941. The summed E-state index contributed by atoms with van der Waals surface area (Å²) in [6, 6.07) is 9.76. The minimum Gasteiger partial charge on any atom is -0.368 e. The number of halogens is 1. The quantitative estimate of drug-likeness (QED) is 0.872. The molecule has 1 unspecified atom stereocenters. The second-order valence-electron chi connectivity index (χ2n) is 5.27. The Morgan fingerprint density at radius 3 is 2.95 bits per heavy atom. The summed E-state index contributed by atoms with van der Waals surface area (Å²) in [4.78, 5) is 18.3. The van der Waals surface area contributed by atoms with Gasteiger partial charge in [-0.3, -0.25) is 9.78 Å². The zero-order valence-corrected chi connectivity index (χ0v) is 12.1. The lowest BCUT2D eigenvalue weighted by atomic mass is 10.1. The van der Waals surface area contributed by atoms with Crippen molar-refractivity contribution in [2.24, 2.45) is 0 Å². The van der Waals surface area contributed by atoms with Crippen molar-refractivity contribution in [3.63, 3.8) is 0 Å². The monoisotopic (exact) mass is 300 g/mol. The maximum absolute atomic E-state index is 13.5. The molecule has 1 atom stereocenters. The van der Waals surface area contributed by atoms with Gasteiger partial charge in [-0.1, -0.05) is 12.1 Å². The Balaban J connectivity index is 1.89. The number of amides is 1. The Hall–Kier alpha value is -2.27. The summed E-state index contributed by atoms with van der Waals surface area (Å²) in [6.07, 6.45) is 4.52. The van der Waals surface area contributed by atoms with Crippen LogP contribution in [0.2, 0.25) is 0 Å². The highest BCUT2D eigenvalue weighted by Gasteiger charge is 2.29. The normalized spacial score (nSPS) is 17.4. The van der Waals surface area contributed by atoms with E-state index in [4.69, 9.17) is 4.74 Å². The predicted octanol–water partition coefficient (Wildman–Crippen LogP) is 2.93. The van der Waals surface area contributed by atoms with E-state index in [1.807, 2.05) is 12.1 Å². The van der Waals surface area contributed by atoms with E-state index in [2.05, 4.69) is 4.98 Å². The summed E-state index contributed by atoms with van der Waals surface area (Å²) in [7, 11) is 0. The number of pyridine rings is 1. The van der Waals surface area contributed by atoms with Crippen LogP contribution in [0.3, 0.4) is 0 Å². The fourth-order valence-corrected chi connectivity index (χ4v) is 2.56. The molecule has 1 aliphatic rings. The average Bonchev–Trinajstić information content (AvgIpc) is 3.07. The van der Waals surface area contributed by atoms with Crippen LogP contribution in [0, 0.1) is 5.82 Å². The standard InChI is InChI=1S/C17H17FN2O2/c18-14-5-1-6-15(10-14)20(12-13-4-2-8-19-11-13)17(21)16-7-3-9-22-16/h1-2,4-6,8,10-11,16H,3,7,9,12H2. The molecule has 1 amide bonds. The van der Waals surface area contributed by atoms with Crippen LogP contribution in [-0.2, 0) is 16.1 Å². The maximum atomic E-state index is 13.5. The van der Waals surface area contributed by atoms with Gasteiger partial charge in [0.2, 0.25) is 0 Å². The van der Waals surface area contributed by atoms with Crippen LogP contribution >= 0.6 is 0 Å². The Bertz CT molecular complexity index is 642. The van der Waals surface area contributed by atoms with Crippen molar-refractivity contribution in [3.8, 4) is 0 Å². The highest BCUT2D eigenvalue weighted by atomic mass is 19.1. The van der Waals surface area contributed by atoms with Crippen molar-refractivity contribution in [3.05, 3.63) is 60.2 Å². The molecule has 2 heterocycles. The van der Waals surface area contributed by atoms with Crippen molar-refractivity contribution in [1.82, 2.24) is 4.98 Å². The number of hydrogen-bond acceptors (Lipinski definition) is 3. The lowest BCUT2D eigenvalue weighted by molar-refractivity contribution is -0.127. The molecule has 114 valence electrons. The van der Waals surface area contributed by atoms with Crippen LogP contribution in [0.1, 0.15) is 18.4 Å². The van der Waals surface area contributed by atoms with Gasteiger partial charge in [-0.15, -0.1) is 0 Å². The summed E-state index contributed by atoms with van der Waals surface area (Å²) in [5, 5.41) is 0. The van der Waals surface area contributed by atoms with Crippen molar-refractivity contribution >= 4 is 11.6 Å². The van der Waals surface area contributed by atoms with Gasteiger partial charge in [0, 0.05) is 24.7 Å². The molecule has 0 N–H and O–H groups in total. The van der Waals surface area contributed by atoms with Crippen molar-refractivity contribution in [2.45, 2.75) is 25.5 Å². The van der Waals surface area contributed by atoms with E-state index < -0.39 is 6.10 Å². The Morgan fingerprint density at radius 2 is 2.27 bits per heavy atom. The first-order valence-electron chi connectivity index (χ1n) is 7.31. The third kappa shape index (κ3) is 3.31. The molecule has 2 aromatic rings. The van der Waals surface area contributed by atoms with Crippen molar-refractivity contribution < 1.29 is 13.9 Å². The first-order chi connectivity index (χ1) is 10.7. The van der Waals surface area contributed by atoms with Gasteiger partial charge in [0.15, 0.2) is 0 Å². The van der Waals surface area contributed by atoms with Gasteiger partial charge in [-0.2, -0.15) is 0 Å². The van der Waals surface area contributed by atoms with E-state index >= 15 is 0 Å². The Morgan fingerprint density at radius 1 is 1.36 bits per heavy atom. The smallest absolute Gasteiger partial charge is 0.256 e. The summed E-state index contributed by atoms with van der Waals surface area (Å²) < 4.78 is 19.0. The minimum atomic E-state index is -0.445. The first kappa shape index (κ1) is 14.7. The number of benzene rings is 1. The van der Waals surface area contributed by atoms with Crippen LogP contribution in [0.4, 0.5) is 10.1 Å². The molecule has 0 spiro atoms. The molecule has 0 bridgehead atoms. The zero-order chi connectivity index (χ0) is 15.4. The number of ether oxygens (including phenoxy) is 1. The number of hydrogen-bond donors (Lipinski definition) is 0. The molecule has 0 aliphatic carbocycles. The van der Waals surface area contributed by atoms with E-state index in [0.29, 0.717) is 25.3 Å². The molecule has 22 heavy (non-hydrogen) atoms. The first-order valence-corrected chi connectivity index (χ1v) is 7.31. The van der Waals surface area contributed by atoms with Gasteiger partial charge >= 0.3 is 0 Å². The fourth-order valence-electron chi connectivity index (χ4n) is 2.56. The molecular weight excluding hydrogens is 283 g/mol. The molecule has 4 nitrogen and oxygen atoms in total. The summed E-state index contributed by atoms with van der Waals surface area (Å²) in [5.41, 5.74) is 1.42. The van der Waals surface area contributed by atoms with Crippen LogP contribution in [-0.4, -0.2) is 23.6 Å². The van der Waals surface area contributed by atoms with Gasteiger partial charge in [0.25, 0.3) is 5.91 Å². The van der Waals surface area contributed by atoms with Crippen molar-refractivity contribution in [2.75, 3.05) is 11.5 Å². The van der Waals surface area contributed by atoms with Crippen LogP contribution in [0.5, 0.6) is 0 Å². The van der Waals surface area contributed by atoms with E-state index in [1.54, 1.807) is 29.4 Å². The largest absolute Gasteiger partial charge is 0.368 e. The lowest BCUT2D eigenvalue weighted by Gasteiger charge is -2.25. The van der Waals surface area contributed by atoms with Gasteiger partial charge in [0.05, 0.1) is 6.54 Å². The SMILES string of the molecule is O=C(C1CCCO1)N(Cc1cccnc1)c1cccc(F)c1. The number of rotatable bonds is 4. The Kier molecular flexibility index (Phi) is 4.44. The molecular formula is C17H17FN2O2. The predicted molar refractivity (Wildman–Crippen MR) is 80.8 cm³/mol. The topological polar surface area (TPSA) is 42.4 Å². The molecule has 1 saturated heterocycles. The minimum absolute atomic E-state index is 0.132. The number of carbonyl (C=O) groups is 1. The second kappa shape index (κ2) is 6.66. The number of aromatic nitrogens is 1. The highest BCUT2D eigenvalue weighted by molar-refractivity contribution is 5.96. The van der Waals surface area contributed by atoms with Gasteiger partial charge in [-0.25, -0.2) is 4.39 Å². The number of nitrogens with zero attached hydrogens (tertiary/aromatic N) is 2. The molecule has 1 aromatic carbocycles. The molecule has 1 aromatic heterocycles. The molecule has 3 rings (SSSR count). The van der Waals surface area contributed by atoms with E-state index in [1.165, 1.54) is 12.1 Å². The van der Waals surface area contributed by atoms with Crippen LogP contribution in [0.25, 0.3) is 0 Å². The van der Waals surface area contributed by atoms with E-state index in [-0.39, 0.29) is 11.7 Å².